The van der Waals surface area contributed by atoms with Gasteiger partial charge in [-0.05, 0) is 24.2 Å². The van der Waals surface area contributed by atoms with Crippen molar-refractivity contribution in [2.45, 2.75) is 33.6 Å². The predicted molar refractivity (Wildman–Crippen MR) is 56.8 cm³/mol. The lowest BCUT2D eigenvalue weighted by Crippen LogP contribution is -2.32. The van der Waals surface area contributed by atoms with Crippen LogP contribution in [-0.4, -0.2) is 12.8 Å². The summed E-state index contributed by atoms with van der Waals surface area (Å²) in [4.78, 5) is 12.2. The van der Waals surface area contributed by atoms with E-state index in [1.807, 2.05) is 13.2 Å². The molecular formula is C12H19NO. The van der Waals surface area contributed by atoms with E-state index in [1.54, 1.807) is 0 Å². The molecule has 0 amide bonds. The molecule has 0 aliphatic heterocycles. The molecule has 2 aliphatic carbocycles. The molecule has 2 atom stereocenters. The van der Waals surface area contributed by atoms with Gasteiger partial charge in [0.2, 0.25) is 0 Å². The number of allylic oxidation sites excluding steroid dienone is 1. The SMILES string of the molecule is CN/C=C1\C(=O)C2(C)CCC1C2(C)C. The van der Waals surface area contributed by atoms with Crippen molar-refractivity contribution in [3.63, 3.8) is 0 Å². The van der Waals surface area contributed by atoms with Crippen LogP contribution in [0.15, 0.2) is 11.8 Å². The van der Waals surface area contributed by atoms with Crippen LogP contribution in [0.1, 0.15) is 33.6 Å². The van der Waals surface area contributed by atoms with Crippen LogP contribution in [0.3, 0.4) is 0 Å². The summed E-state index contributed by atoms with van der Waals surface area (Å²) in [6, 6.07) is 0. The van der Waals surface area contributed by atoms with E-state index >= 15 is 0 Å². The van der Waals surface area contributed by atoms with Gasteiger partial charge >= 0.3 is 0 Å². The summed E-state index contributed by atoms with van der Waals surface area (Å²) in [7, 11) is 1.86. The fourth-order valence-corrected chi connectivity index (χ4v) is 3.25. The molecule has 2 rings (SSSR count). The second kappa shape index (κ2) is 2.62. The molecule has 14 heavy (non-hydrogen) atoms. The zero-order valence-electron chi connectivity index (χ0n) is 9.48. The van der Waals surface area contributed by atoms with Crippen molar-refractivity contribution >= 4 is 5.78 Å². The summed E-state index contributed by atoms with van der Waals surface area (Å²) in [6.07, 6.45) is 4.13. The molecule has 2 aliphatic rings. The van der Waals surface area contributed by atoms with E-state index < -0.39 is 0 Å². The number of carbonyl (C=O) groups is 1. The van der Waals surface area contributed by atoms with E-state index in [1.165, 1.54) is 6.42 Å². The monoisotopic (exact) mass is 193 g/mol. The lowest BCUT2D eigenvalue weighted by molar-refractivity contribution is -0.125. The average Bonchev–Trinajstić information content (AvgIpc) is 2.41. The molecule has 0 aromatic heterocycles. The zero-order chi connectivity index (χ0) is 10.6. The number of nitrogens with one attached hydrogen (secondary N) is 1. The van der Waals surface area contributed by atoms with Crippen molar-refractivity contribution in [2.24, 2.45) is 16.7 Å². The number of hydrogen-bond donors (Lipinski definition) is 1. The molecule has 2 saturated carbocycles. The first kappa shape index (κ1) is 9.75. The predicted octanol–water partition coefficient (Wildman–Crippen LogP) is 2.11. The zero-order valence-corrected chi connectivity index (χ0v) is 9.48. The van der Waals surface area contributed by atoms with Gasteiger partial charge in [0.05, 0.1) is 0 Å². The van der Waals surface area contributed by atoms with Crippen molar-refractivity contribution < 1.29 is 4.79 Å². The minimum atomic E-state index is -0.111. The fraction of sp³-hybridized carbons (Fsp3) is 0.750. The third kappa shape index (κ3) is 0.844. The van der Waals surface area contributed by atoms with Crippen molar-refractivity contribution in [1.82, 2.24) is 5.32 Å². The first-order valence-corrected chi connectivity index (χ1v) is 5.37. The minimum absolute atomic E-state index is 0.111. The van der Waals surface area contributed by atoms with Crippen molar-refractivity contribution in [2.75, 3.05) is 7.05 Å². The highest BCUT2D eigenvalue weighted by Gasteiger charge is 2.63. The third-order valence-corrected chi connectivity index (χ3v) is 4.66. The molecule has 0 aromatic rings. The molecule has 0 spiro atoms. The summed E-state index contributed by atoms with van der Waals surface area (Å²) in [6.45, 7) is 6.60. The summed E-state index contributed by atoms with van der Waals surface area (Å²) in [5, 5.41) is 3.00. The van der Waals surface area contributed by atoms with Gasteiger partial charge in [0, 0.05) is 24.2 Å². The average molecular weight is 193 g/mol. The topological polar surface area (TPSA) is 29.1 Å². The van der Waals surface area contributed by atoms with Gasteiger partial charge in [-0.2, -0.15) is 0 Å². The maximum absolute atomic E-state index is 12.2. The first-order valence-electron chi connectivity index (χ1n) is 5.37. The molecule has 1 N–H and O–H groups in total. The van der Waals surface area contributed by atoms with E-state index in [4.69, 9.17) is 0 Å². The molecule has 2 nitrogen and oxygen atoms in total. The Hall–Kier alpha value is -0.790. The summed E-state index contributed by atoms with van der Waals surface area (Å²) >= 11 is 0. The van der Waals surface area contributed by atoms with Crippen molar-refractivity contribution in [1.29, 1.82) is 0 Å². The largest absolute Gasteiger partial charge is 0.394 e. The Morgan fingerprint density at radius 3 is 2.50 bits per heavy atom. The van der Waals surface area contributed by atoms with E-state index in [0.717, 1.165) is 12.0 Å². The van der Waals surface area contributed by atoms with Gasteiger partial charge in [-0.25, -0.2) is 0 Å². The maximum Gasteiger partial charge on any atom is 0.167 e. The van der Waals surface area contributed by atoms with E-state index in [-0.39, 0.29) is 10.8 Å². The van der Waals surface area contributed by atoms with Gasteiger partial charge in [0.1, 0.15) is 0 Å². The minimum Gasteiger partial charge on any atom is -0.394 e. The van der Waals surface area contributed by atoms with Gasteiger partial charge < -0.3 is 5.32 Å². The van der Waals surface area contributed by atoms with Crippen LogP contribution < -0.4 is 5.32 Å². The Balaban J connectivity index is 2.49. The van der Waals surface area contributed by atoms with E-state index in [2.05, 4.69) is 26.1 Å². The van der Waals surface area contributed by atoms with Gasteiger partial charge in [-0.15, -0.1) is 0 Å². The highest BCUT2D eigenvalue weighted by molar-refractivity contribution is 6.04. The lowest BCUT2D eigenvalue weighted by atomic mass is 9.70. The van der Waals surface area contributed by atoms with E-state index in [9.17, 15) is 4.79 Å². The highest BCUT2D eigenvalue weighted by atomic mass is 16.1. The van der Waals surface area contributed by atoms with Gasteiger partial charge in [-0.1, -0.05) is 20.8 Å². The summed E-state index contributed by atoms with van der Waals surface area (Å²) in [5.41, 5.74) is 1.05. The Morgan fingerprint density at radius 1 is 1.43 bits per heavy atom. The normalized spacial score (nSPS) is 42.1. The highest BCUT2D eigenvalue weighted by Crippen LogP contribution is 2.65. The maximum atomic E-state index is 12.2. The standard InChI is InChI=1S/C12H19NO/c1-11(2)9-5-6-12(11,3)10(14)8(9)7-13-4/h7,9,13H,5-6H2,1-4H3/b8-7-. The third-order valence-electron chi connectivity index (χ3n) is 4.66. The second-order valence-electron chi connectivity index (χ2n) is 5.36. The Labute approximate surface area is 85.8 Å². The molecular weight excluding hydrogens is 174 g/mol. The lowest BCUT2D eigenvalue weighted by Gasteiger charge is -2.31. The quantitative estimate of drug-likeness (QED) is 0.646. The Morgan fingerprint density at radius 2 is 2.07 bits per heavy atom. The fourth-order valence-electron chi connectivity index (χ4n) is 3.25. The van der Waals surface area contributed by atoms with Gasteiger partial charge in [-0.3, -0.25) is 4.79 Å². The number of Topliss-reactive ketones (excluding diaryl/α,β-unsaturated/α-hetero) is 1. The summed E-state index contributed by atoms with van der Waals surface area (Å²) < 4.78 is 0. The van der Waals surface area contributed by atoms with Crippen LogP contribution in [0.25, 0.3) is 0 Å². The molecule has 0 saturated heterocycles. The van der Waals surface area contributed by atoms with Crippen LogP contribution in [0, 0.1) is 16.7 Å². The molecule has 0 heterocycles. The number of rotatable bonds is 1. The molecule has 78 valence electrons. The smallest absolute Gasteiger partial charge is 0.167 e. The van der Waals surface area contributed by atoms with Crippen LogP contribution >= 0.6 is 0 Å². The van der Waals surface area contributed by atoms with Gasteiger partial charge in [0.25, 0.3) is 0 Å². The number of hydrogen-bond acceptors (Lipinski definition) is 2. The van der Waals surface area contributed by atoms with Crippen LogP contribution in [0.5, 0.6) is 0 Å². The number of fused-ring (bicyclic) bond motifs is 2. The molecule has 2 fully saturated rings. The Bertz CT molecular complexity index is 316. The number of ketones is 1. The summed E-state index contributed by atoms with van der Waals surface area (Å²) in [5.74, 6) is 0.834. The van der Waals surface area contributed by atoms with Crippen LogP contribution in [-0.2, 0) is 4.79 Å². The van der Waals surface area contributed by atoms with Gasteiger partial charge in [0.15, 0.2) is 5.78 Å². The second-order valence-corrected chi connectivity index (χ2v) is 5.36. The van der Waals surface area contributed by atoms with Crippen molar-refractivity contribution in [3.05, 3.63) is 11.8 Å². The van der Waals surface area contributed by atoms with Crippen molar-refractivity contribution in [3.8, 4) is 0 Å². The molecule has 2 unspecified atom stereocenters. The van der Waals surface area contributed by atoms with E-state index in [0.29, 0.717) is 11.7 Å². The van der Waals surface area contributed by atoms with Crippen LogP contribution in [0.4, 0.5) is 0 Å². The molecule has 0 aromatic carbocycles. The Kier molecular flexibility index (Phi) is 1.82. The first-order chi connectivity index (χ1) is 6.45. The molecule has 2 bridgehead atoms. The van der Waals surface area contributed by atoms with Crippen LogP contribution in [0.2, 0.25) is 0 Å². The molecule has 2 heteroatoms. The molecule has 0 radical (unpaired) electrons. The number of carbonyl (C=O) groups excluding carboxylic acids is 1.